The highest BCUT2D eigenvalue weighted by molar-refractivity contribution is 5.95. The topological polar surface area (TPSA) is 138 Å². The quantitative estimate of drug-likeness (QED) is 0.302. The van der Waals surface area contributed by atoms with E-state index in [9.17, 15) is 23.2 Å². The highest BCUT2D eigenvalue weighted by Crippen LogP contribution is 2.61. The van der Waals surface area contributed by atoms with Crippen LogP contribution < -0.4 is 15.8 Å². The van der Waals surface area contributed by atoms with Crippen molar-refractivity contribution in [3.05, 3.63) is 52.8 Å². The van der Waals surface area contributed by atoms with Crippen LogP contribution in [0.4, 0.5) is 19.4 Å². The zero-order valence-electron chi connectivity index (χ0n) is 27.0. The molecule has 1 aromatic carbocycles. The molecular weight excluding hydrogens is 600 g/mol. The number of amides is 1. The Labute approximate surface area is 266 Å². The minimum atomic E-state index is -2.72. The van der Waals surface area contributed by atoms with Gasteiger partial charge < -0.3 is 25.3 Å². The first-order valence-electron chi connectivity index (χ1n) is 15.2. The van der Waals surface area contributed by atoms with Crippen molar-refractivity contribution in [3.63, 3.8) is 0 Å². The number of rotatable bonds is 8. The molecule has 11 nitrogen and oxygen atoms in total. The number of alkyl halides is 2. The summed E-state index contributed by atoms with van der Waals surface area (Å²) in [6.45, 7) is 7.90. The van der Waals surface area contributed by atoms with Crippen molar-refractivity contribution in [3.8, 4) is 5.75 Å². The van der Waals surface area contributed by atoms with E-state index in [1.54, 1.807) is 40.1 Å². The van der Waals surface area contributed by atoms with Crippen molar-refractivity contribution < 1.29 is 37.4 Å². The molecule has 0 radical (unpaired) electrons. The van der Waals surface area contributed by atoms with Crippen LogP contribution in [0.1, 0.15) is 79.7 Å². The maximum Gasteiger partial charge on any atom is 0.419 e. The lowest BCUT2D eigenvalue weighted by atomic mass is 9.59. The van der Waals surface area contributed by atoms with Crippen molar-refractivity contribution in [2.75, 3.05) is 32.6 Å². The Balaban J connectivity index is 1.59. The van der Waals surface area contributed by atoms with Crippen LogP contribution in [0.3, 0.4) is 0 Å². The highest BCUT2D eigenvalue weighted by atomic mass is 19.3. The third-order valence-electron chi connectivity index (χ3n) is 8.78. The number of likely N-dealkylation sites (tertiary alicyclic amines) is 1. The second kappa shape index (κ2) is 12.2. The van der Waals surface area contributed by atoms with Crippen molar-refractivity contribution in [2.24, 2.45) is 11.1 Å². The molecule has 1 saturated heterocycles. The van der Waals surface area contributed by atoms with Gasteiger partial charge in [0.15, 0.2) is 5.69 Å². The molecule has 2 aromatic heterocycles. The fourth-order valence-corrected chi connectivity index (χ4v) is 6.88. The number of hydrogen-bond donors (Lipinski definition) is 2. The van der Waals surface area contributed by atoms with E-state index >= 15 is 0 Å². The van der Waals surface area contributed by atoms with Crippen LogP contribution in [0, 0.1) is 12.3 Å². The number of carbonyl (C=O) groups excluding carboxylic acids is 3. The average Bonchev–Trinajstić information content (AvgIpc) is 3.42. The Morgan fingerprint density at radius 3 is 2.48 bits per heavy atom. The Morgan fingerprint density at radius 1 is 1.15 bits per heavy atom. The number of nitrogens with two attached hydrogens (primary N) is 1. The number of benzene rings is 1. The van der Waals surface area contributed by atoms with E-state index in [1.165, 1.54) is 17.7 Å². The molecule has 1 aliphatic heterocycles. The Kier molecular flexibility index (Phi) is 8.75. The van der Waals surface area contributed by atoms with Crippen LogP contribution in [-0.2, 0) is 20.8 Å². The third kappa shape index (κ3) is 6.64. The summed E-state index contributed by atoms with van der Waals surface area (Å²) in [5.74, 6) is -3.15. The zero-order valence-corrected chi connectivity index (χ0v) is 27.0. The summed E-state index contributed by atoms with van der Waals surface area (Å²) >= 11 is 0. The Bertz CT molecular complexity index is 1670. The Morgan fingerprint density at radius 2 is 1.87 bits per heavy atom. The molecule has 1 aliphatic carbocycles. The number of hydrogen-bond acceptors (Lipinski definition) is 9. The molecular formula is C33H41F2N5O6. The number of fused-ring (bicyclic) bond motifs is 1. The molecule has 1 spiro atoms. The Hall–Kier alpha value is -4.26. The van der Waals surface area contributed by atoms with Crippen LogP contribution in [0.15, 0.2) is 30.5 Å². The fraction of sp³-hybridized carbons (Fsp3) is 0.515. The first-order chi connectivity index (χ1) is 21.5. The van der Waals surface area contributed by atoms with Gasteiger partial charge in [-0.05, 0) is 76.3 Å². The minimum Gasteiger partial charge on any atom is -0.496 e. The molecule has 2 fully saturated rings. The first-order valence-corrected chi connectivity index (χ1v) is 15.2. The normalized spacial score (nSPS) is 19.0. The summed E-state index contributed by atoms with van der Waals surface area (Å²) in [6.07, 6.45) is 1.72. The number of anilines is 1. The van der Waals surface area contributed by atoms with E-state index in [0.717, 1.165) is 16.5 Å². The summed E-state index contributed by atoms with van der Waals surface area (Å²) in [5.41, 5.74) is 7.13. The standard InChI is InChI=1S/C33H41F2N5O6/c1-19-13-25(44-5)22(20-9-11-40(27(19)20)30(43)46-31(2,3)4)16-39-12-10-32(17-33(34,35)18-32)14-24(39)21-7-8-23(29(42)45-6)38-28(21)37-15-26(36)41/h7-9,11,13,24H,10,12,14-18H2,1-6H3,(H2,36,41)(H,37,38)/t24-/m1/s1. The number of pyridine rings is 1. The monoisotopic (exact) mass is 641 g/mol. The maximum absolute atomic E-state index is 14.3. The van der Waals surface area contributed by atoms with Gasteiger partial charge in [0.2, 0.25) is 11.8 Å². The van der Waals surface area contributed by atoms with E-state index in [-0.39, 0.29) is 30.9 Å². The van der Waals surface area contributed by atoms with E-state index in [0.29, 0.717) is 42.8 Å². The molecule has 3 heterocycles. The predicted octanol–water partition coefficient (Wildman–Crippen LogP) is 5.57. The number of piperidine rings is 1. The molecule has 3 N–H and O–H groups in total. The van der Waals surface area contributed by atoms with Crippen LogP contribution in [0.25, 0.3) is 10.9 Å². The van der Waals surface area contributed by atoms with Gasteiger partial charge in [-0.25, -0.2) is 23.4 Å². The zero-order chi connectivity index (χ0) is 33.6. The second-order valence-electron chi connectivity index (χ2n) is 13.4. The van der Waals surface area contributed by atoms with E-state index in [1.807, 2.05) is 19.1 Å². The number of nitrogens with zero attached hydrogens (tertiary/aromatic N) is 3. The van der Waals surface area contributed by atoms with Gasteiger partial charge in [0.05, 0.1) is 26.3 Å². The number of esters is 1. The van der Waals surface area contributed by atoms with Crippen molar-refractivity contribution in [1.29, 1.82) is 0 Å². The molecule has 1 saturated carbocycles. The van der Waals surface area contributed by atoms with Gasteiger partial charge in [0.25, 0.3) is 0 Å². The number of carbonyl (C=O) groups is 3. The highest BCUT2D eigenvalue weighted by Gasteiger charge is 2.58. The molecule has 1 atom stereocenters. The SMILES string of the molecule is COC(=O)c1ccc([C@H]2CC3(CCN2Cc2c(OC)cc(C)c4c2ccn4C(=O)OC(C)(C)C)CC(F)(F)C3)c(NCC(N)=O)n1. The number of primary amides is 1. The number of ether oxygens (including phenoxy) is 3. The smallest absolute Gasteiger partial charge is 0.419 e. The summed E-state index contributed by atoms with van der Waals surface area (Å²) in [6, 6.07) is 6.55. The summed E-state index contributed by atoms with van der Waals surface area (Å²) in [7, 11) is 2.82. The van der Waals surface area contributed by atoms with Gasteiger partial charge in [-0.3, -0.25) is 14.3 Å². The van der Waals surface area contributed by atoms with Crippen LogP contribution >= 0.6 is 0 Å². The number of methoxy groups -OCH3 is 2. The molecule has 3 aromatic rings. The van der Waals surface area contributed by atoms with E-state index < -0.39 is 41.0 Å². The lowest BCUT2D eigenvalue weighted by molar-refractivity contribution is -0.186. The number of halogens is 2. The summed E-state index contributed by atoms with van der Waals surface area (Å²) < 4.78 is 46.4. The lowest BCUT2D eigenvalue weighted by Crippen LogP contribution is -2.53. The van der Waals surface area contributed by atoms with Crippen LogP contribution in [0.2, 0.25) is 0 Å². The van der Waals surface area contributed by atoms with Crippen LogP contribution in [0.5, 0.6) is 5.75 Å². The molecule has 0 unspecified atom stereocenters. The van der Waals surface area contributed by atoms with Gasteiger partial charge >= 0.3 is 12.1 Å². The summed E-state index contributed by atoms with van der Waals surface area (Å²) in [4.78, 5) is 43.8. The van der Waals surface area contributed by atoms with Gasteiger partial charge in [0.1, 0.15) is 17.2 Å². The molecule has 2 aliphatic rings. The van der Waals surface area contributed by atoms with Crippen LogP contribution in [-0.4, -0.2) is 71.3 Å². The van der Waals surface area contributed by atoms with Crippen molar-refractivity contribution in [2.45, 2.75) is 77.5 Å². The lowest BCUT2D eigenvalue weighted by Gasteiger charge is -2.54. The molecule has 13 heteroatoms. The third-order valence-corrected chi connectivity index (χ3v) is 8.78. The molecule has 0 bridgehead atoms. The van der Waals surface area contributed by atoms with Gasteiger partial charge in [-0.15, -0.1) is 0 Å². The first kappa shape index (κ1) is 33.1. The molecule has 1 amide bonds. The fourth-order valence-electron chi connectivity index (χ4n) is 6.88. The summed E-state index contributed by atoms with van der Waals surface area (Å²) in [5, 5.41) is 3.73. The molecule has 5 rings (SSSR count). The van der Waals surface area contributed by atoms with Gasteiger partial charge in [-0.1, -0.05) is 6.07 Å². The minimum absolute atomic E-state index is 0.0239. The van der Waals surface area contributed by atoms with Gasteiger partial charge in [-0.2, -0.15) is 0 Å². The van der Waals surface area contributed by atoms with Crippen molar-refractivity contribution >= 4 is 34.7 Å². The largest absolute Gasteiger partial charge is 0.496 e. The molecule has 46 heavy (non-hydrogen) atoms. The molecule has 248 valence electrons. The number of nitrogens with one attached hydrogen (secondary N) is 1. The number of aromatic nitrogens is 2. The second-order valence-corrected chi connectivity index (χ2v) is 13.4. The van der Waals surface area contributed by atoms with E-state index in [4.69, 9.17) is 19.9 Å². The van der Waals surface area contributed by atoms with E-state index in [2.05, 4.69) is 15.2 Å². The average molecular weight is 642 g/mol. The van der Waals surface area contributed by atoms with Crippen molar-refractivity contribution in [1.82, 2.24) is 14.5 Å². The van der Waals surface area contributed by atoms with Gasteiger partial charge in [0, 0.05) is 48.1 Å². The maximum atomic E-state index is 14.3. The predicted molar refractivity (Wildman–Crippen MR) is 167 cm³/mol. The number of aryl methyl sites for hydroxylation is 1.